The summed E-state index contributed by atoms with van der Waals surface area (Å²) in [4.78, 5) is 25.3. The number of nitrogens with zero attached hydrogens (tertiary/aromatic N) is 1. The zero-order valence-corrected chi connectivity index (χ0v) is 11.7. The summed E-state index contributed by atoms with van der Waals surface area (Å²) < 4.78 is 0. The van der Waals surface area contributed by atoms with Gasteiger partial charge in [0.25, 0.3) is 0 Å². The molecule has 0 radical (unpaired) electrons. The number of carbonyl (C=O) groups is 2. The molecule has 5 nitrogen and oxygen atoms in total. The maximum atomic E-state index is 12.3. The number of benzene rings is 1. The Balaban J connectivity index is 2.29. The molecule has 1 amide bonds. The van der Waals surface area contributed by atoms with E-state index in [4.69, 9.17) is 5.73 Å². The van der Waals surface area contributed by atoms with Crippen molar-refractivity contribution in [3.63, 3.8) is 0 Å². The number of carboxylic acid groups (broad SMARTS) is 1. The predicted molar refractivity (Wildman–Crippen MR) is 75.0 cm³/mol. The highest BCUT2D eigenvalue weighted by Crippen LogP contribution is 2.29. The molecule has 2 rings (SSSR count). The first kappa shape index (κ1) is 14.5. The second kappa shape index (κ2) is 5.63. The molecule has 0 saturated carbocycles. The van der Waals surface area contributed by atoms with E-state index in [2.05, 4.69) is 0 Å². The quantitative estimate of drug-likeness (QED) is 0.868. The SMILES string of the molecule is CC(C)[C@H](N)C(=O)N1Cc2ccccc2C(C(=O)O)C1. The Morgan fingerprint density at radius 3 is 2.60 bits per heavy atom. The maximum Gasteiger partial charge on any atom is 0.312 e. The number of amides is 1. The van der Waals surface area contributed by atoms with Gasteiger partial charge in [-0.3, -0.25) is 9.59 Å². The van der Waals surface area contributed by atoms with E-state index in [1.807, 2.05) is 38.1 Å². The van der Waals surface area contributed by atoms with Crippen LogP contribution in [0.3, 0.4) is 0 Å². The molecule has 1 aromatic carbocycles. The third-order valence-electron chi connectivity index (χ3n) is 3.81. The molecule has 0 fully saturated rings. The Labute approximate surface area is 118 Å². The molecule has 1 aliphatic rings. The molecule has 5 heteroatoms. The van der Waals surface area contributed by atoms with Crippen molar-refractivity contribution in [2.24, 2.45) is 11.7 Å². The second-order valence-electron chi connectivity index (χ2n) is 5.58. The smallest absolute Gasteiger partial charge is 0.312 e. The summed E-state index contributed by atoms with van der Waals surface area (Å²) in [6, 6.07) is 6.78. The van der Waals surface area contributed by atoms with Crippen LogP contribution in [0.25, 0.3) is 0 Å². The average Bonchev–Trinajstić information content (AvgIpc) is 2.44. The highest BCUT2D eigenvalue weighted by molar-refractivity contribution is 5.84. The lowest BCUT2D eigenvalue weighted by Gasteiger charge is -2.34. The van der Waals surface area contributed by atoms with Crippen LogP contribution in [-0.4, -0.2) is 34.5 Å². The molecule has 0 saturated heterocycles. The van der Waals surface area contributed by atoms with E-state index >= 15 is 0 Å². The van der Waals surface area contributed by atoms with Crippen LogP contribution < -0.4 is 5.73 Å². The van der Waals surface area contributed by atoms with Gasteiger partial charge in [-0.1, -0.05) is 38.1 Å². The van der Waals surface area contributed by atoms with Gasteiger partial charge in [0, 0.05) is 13.1 Å². The molecule has 108 valence electrons. The minimum Gasteiger partial charge on any atom is -0.481 e. The van der Waals surface area contributed by atoms with E-state index in [1.165, 1.54) is 0 Å². The van der Waals surface area contributed by atoms with Crippen LogP contribution in [0, 0.1) is 5.92 Å². The van der Waals surface area contributed by atoms with Gasteiger partial charge < -0.3 is 15.7 Å². The third-order valence-corrected chi connectivity index (χ3v) is 3.81. The molecule has 0 aliphatic carbocycles. The van der Waals surface area contributed by atoms with Crippen molar-refractivity contribution in [3.8, 4) is 0 Å². The number of aliphatic carboxylic acids is 1. The molecule has 1 heterocycles. The summed E-state index contributed by atoms with van der Waals surface area (Å²) in [5.74, 6) is -1.74. The molecule has 0 aromatic heterocycles. The van der Waals surface area contributed by atoms with Crippen LogP contribution in [0.4, 0.5) is 0 Å². The van der Waals surface area contributed by atoms with Crippen LogP contribution in [-0.2, 0) is 16.1 Å². The number of rotatable bonds is 3. The Bertz CT molecular complexity index is 528. The van der Waals surface area contributed by atoms with E-state index in [1.54, 1.807) is 4.90 Å². The summed E-state index contributed by atoms with van der Waals surface area (Å²) in [7, 11) is 0. The number of fused-ring (bicyclic) bond motifs is 1. The summed E-state index contributed by atoms with van der Waals surface area (Å²) in [6.07, 6.45) is 0. The van der Waals surface area contributed by atoms with Gasteiger partial charge in [0.15, 0.2) is 0 Å². The minimum absolute atomic E-state index is 0.0305. The number of carbonyl (C=O) groups excluding carboxylic acids is 1. The predicted octanol–water partition coefficient (Wildman–Crippen LogP) is 1.18. The van der Waals surface area contributed by atoms with Gasteiger partial charge >= 0.3 is 5.97 Å². The molecule has 0 spiro atoms. The summed E-state index contributed by atoms with van der Waals surface area (Å²) in [5, 5.41) is 9.36. The van der Waals surface area contributed by atoms with Crippen molar-refractivity contribution in [1.29, 1.82) is 0 Å². The van der Waals surface area contributed by atoms with Crippen molar-refractivity contribution in [3.05, 3.63) is 35.4 Å². The number of hydrogen-bond acceptors (Lipinski definition) is 3. The Morgan fingerprint density at radius 2 is 2.00 bits per heavy atom. The molecule has 3 N–H and O–H groups in total. The van der Waals surface area contributed by atoms with Crippen molar-refractivity contribution in [1.82, 2.24) is 4.90 Å². The molecule has 1 unspecified atom stereocenters. The fourth-order valence-electron chi connectivity index (χ4n) is 2.48. The number of hydrogen-bond donors (Lipinski definition) is 2. The first-order chi connectivity index (χ1) is 9.41. The third kappa shape index (κ3) is 2.67. The Kier molecular flexibility index (Phi) is 4.09. The summed E-state index contributed by atoms with van der Waals surface area (Å²) in [5.41, 5.74) is 7.57. The topological polar surface area (TPSA) is 83.6 Å². The second-order valence-corrected chi connectivity index (χ2v) is 5.58. The van der Waals surface area contributed by atoms with E-state index in [0.29, 0.717) is 6.54 Å². The highest BCUT2D eigenvalue weighted by atomic mass is 16.4. The van der Waals surface area contributed by atoms with E-state index < -0.39 is 17.9 Å². The standard InChI is InChI=1S/C15H20N2O3/c1-9(2)13(16)14(18)17-7-10-5-3-4-6-11(10)12(8-17)15(19)20/h3-6,9,12-13H,7-8,16H2,1-2H3,(H,19,20)/t12?,13-/m0/s1. The van der Waals surface area contributed by atoms with Crippen molar-refractivity contribution in [2.75, 3.05) is 6.54 Å². The van der Waals surface area contributed by atoms with E-state index in [-0.39, 0.29) is 18.4 Å². The largest absolute Gasteiger partial charge is 0.481 e. The molecule has 1 aliphatic heterocycles. The highest BCUT2D eigenvalue weighted by Gasteiger charge is 2.34. The molecular formula is C15H20N2O3. The van der Waals surface area contributed by atoms with Crippen molar-refractivity contribution in [2.45, 2.75) is 32.4 Å². The molecule has 2 atom stereocenters. The van der Waals surface area contributed by atoms with E-state index in [0.717, 1.165) is 11.1 Å². The van der Waals surface area contributed by atoms with Gasteiger partial charge in [0.2, 0.25) is 5.91 Å². The Morgan fingerprint density at radius 1 is 1.35 bits per heavy atom. The van der Waals surface area contributed by atoms with Crippen molar-refractivity contribution < 1.29 is 14.7 Å². The monoisotopic (exact) mass is 276 g/mol. The number of nitrogens with two attached hydrogens (primary N) is 1. The summed E-state index contributed by atoms with van der Waals surface area (Å²) >= 11 is 0. The van der Waals surface area contributed by atoms with Crippen LogP contribution in [0.2, 0.25) is 0 Å². The molecule has 20 heavy (non-hydrogen) atoms. The lowest BCUT2D eigenvalue weighted by atomic mass is 9.89. The molecular weight excluding hydrogens is 256 g/mol. The van der Waals surface area contributed by atoms with Gasteiger partial charge in [-0.2, -0.15) is 0 Å². The molecule has 0 bridgehead atoms. The normalized spacial score (nSPS) is 19.6. The first-order valence-electron chi connectivity index (χ1n) is 6.76. The fourth-order valence-corrected chi connectivity index (χ4v) is 2.48. The van der Waals surface area contributed by atoms with Crippen molar-refractivity contribution >= 4 is 11.9 Å². The first-order valence-corrected chi connectivity index (χ1v) is 6.76. The lowest BCUT2D eigenvalue weighted by Crippen LogP contribution is -2.49. The molecule has 1 aromatic rings. The van der Waals surface area contributed by atoms with Crippen LogP contribution in [0.1, 0.15) is 30.9 Å². The van der Waals surface area contributed by atoms with E-state index in [9.17, 15) is 14.7 Å². The average molecular weight is 276 g/mol. The van der Waals surface area contributed by atoms with Crippen LogP contribution >= 0.6 is 0 Å². The van der Waals surface area contributed by atoms with Gasteiger partial charge in [-0.15, -0.1) is 0 Å². The van der Waals surface area contributed by atoms with Gasteiger partial charge in [-0.25, -0.2) is 0 Å². The summed E-state index contributed by atoms with van der Waals surface area (Å²) in [6.45, 7) is 4.38. The fraction of sp³-hybridized carbons (Fsp3) is 0.467. The lowest BCUT2D eigenvalue weighted by molar-refractivity contribution is -0.142. The maximum absolute atomic E-state index is 12.3. The zero-order chi connectivity index (χ0) is 14.9. The van der Waals surface area contributed by atoms with Crippen LogP contribution in [0.5, 0.6) is 0 Å². The zero-order valence-electron chi connectivity index (χ0n) is 11.7. The Hall–Kier alpha value is -1.88. The van der Waals surface area contributed by atoms with Gasteiger partial charge in [0.1, 0.15) is 0 Å². The minimum atomic E-state index is -0.909. The van der Waals surface area contributed by atoms with Gasteiger partial charge in [-0.05, 0) is 17.0 Å². The van der Waals surface area contributed by atoms with Gasteiger partial charge in [0.05, 0.1) is 12.0 Å². The van der Waals surface area contributed by atoms with Crippen LogP contribution in [0.15, 0.2) is 24.3 Å². The number of carboxylic acids is 1.